The van der Waals surface area contributed by atoms with Crippen LogP contribution in [0.4, 0.5) is 18.9 Å². The number of allylic oxidation sites excluding steroid dienone is 3. The Morgan fingerprint density at radius 2 is 1.77 bits per heavy atom. The Morgan fingerprint density at radius 1 is 1.02 bits per heavy atom. The molecule has 0 saturated heterocycles. The van der Waals surface area contributed by atoms with E-state index in [2.05, 4.69) is 9.98 Å². The van der Waals surface area contributed by atoms with E-state index in [1.54, 1.807) is 6.08 Å². The predicted molar refractivity (Wildman–Crippen MR) is 151 cm³/mol. The molecule has 2 aromatic carbocycles. The third-order valence-corrected chi connectivity index (χ3v) is 8.59. The lowest BCUT2D eigenvalue weighted by Crippen LogP contribution is -2.17. The minimum Gasteiger partial charge on any atom is -0.384 e. The lowest BCUT2D eigenvalue weighted by atomic mass is 10.1. The zero-order valence-electron chi connectivity index (χ0n) is 21.2. The molecule has 40 heavy (non-hydrogen) atoms. The molecular weight excluding hydrogens is 559 g/mol. The molecule has 0 saturated carbocycles. The summed E-state index contributed by atoms with van der Waals surface area (Å²) in [6.45, 7) is 1.89. The molecule has 12 heteroatoms. The van der Waals surface area contributed by atoms with Gasteiger partial charge in [-0.3, -0.25) is 4.72 Å². The number of aryl methyl sites for hydroxylation is 1. The number of aromatic amines is 1. The molecule has 0 spiro atoms. The zero-order chi connectivity index (χ0) is 28.4. The van der Waals surface area contributed by atoms with Crippen LogP contribution in [0.1, 0.15) is 29.8 Å². The maximum atomic E-state index is 16.0. The highest BCUT2D eigenvalue weighted by Gasteiger charge is 2.27. The monoisotopic (exact) mass is 583 g/mol. The van der Waals surface area contributed by atoms with Crippen LogP contribution in [0.3, 0.4) is 0 Å². The van der Waals surface area contributed by atoms with Gasteiger partial charge in [-0.15, -0.1) is 11.3 Å². The molecule has 0 bridgehead atoms. The van der Waals surface area contributed by atoms with Crippen molar-refractivity contribution in [2.24, 2.45) is 10.7 Å². The van der Waals surface area contributed by atoms with Gasteiger partial charge >= 0.3 is 0 Å². The van der Waals surface area contributed by atoms with Gasteiger partial charge in [-0.05, 0) is 74.7 Å². The van der Waals surface area contributed by atoms with Gasteiger partial charge in [-0.1, -0.05) is 18.2 Å². The van der Waals surface area contributed by atoms with Crippen molar-refractivity contribution in [3.05, 3.63) is 101 Å². The van der Waals surface area contributed by atoms with Crippen molar-refractivity contribution in [3.8, 4) is 22.0 Å². The van der Waals surface area contributed by atoms with Crippen LogP contribution in [0.2, 0.25) is 0 Å². The number of nitrogens with one attached hydrogen (secondary N) is 2. The van der Waals surface area contributed by atoms with Crippen LogP contribution < -0.4 is 10.5 Å². The standard InChI is InChI=1S/C28H24F3N5O2S2/c1-16-14-15-22(33-16)28-35-25(26(39-28)21-11-4-2-3-5-13-23(32)34-21)17-8-6-12-20(24(17)31)36-40(37,38)27-18(29)9-7-10-19(27)30/h4,6-15,33,36H,2-3,5,32H2,1H3/b11-4?,23-13+,34-21?. The summed E-state index contributed by atoms with van der Waals surface area (Å²) in [4.78, 5) is 11.8. The van der Waals surface area contributed by atoms with Crippen LogP contribution in [-0.2, 0) is 10.0 Å². The molecular formula is C28H24F3N5O2S2. The van der Waals surface area contributed by atoms with Crippen molar-refractivity contribution in [3.63, 3.8) is 0 Å². The molecule has 0 unspecified atom stereocenters. The molecule has 4 N–H and O–H groups in total. The number of thiazole rings is 1. The highest BCUT2D eigenvalue weighted by molar-refractivity contribution is 7.92. The molecule has 4 aromatic rings. The maximum Gasteiger partial charge on any atom is 0.267 e. The highest BCUT2D eigenvalue weighted by Crippen LogP contribution is 2.38. The van der Waals surface area contributed by atoms with Crippen molar-refractivity contribution in [2.45, 2.75) is 31.1 Å². The van der Waals surface area contributed by atoms with Crippen molar-refractivity contribution >= 4 is 32.8 Å². The molecule has 0 amide bonds. The van der Waals surface area contributed by atoms with E-state index < -0.39 is 38.1 Å². The molecule has 2 aromatic heterocycles. The van der Waals surface area contributed by atoms with Gasteiger partial charge in [0.25, 0.3) is 10.0 Å². The Labute approximate surface area is 233 Å². The van der Waals surface area contributed by atoms with Crippen LogP contribution in [0.5, 0.6) is 0 Å². The first-order valence-corrected chi connectivity index (χ1v) is 14.6. The van der Waals surface area contributed by atoms with Gasteiger partial charge in [0.05, 0.1) is 27.7 Å². The third-order valence-electron chi connectivity index (χ3n) is 6.06. The number of hydrogen-bond donors (Lipinski definition) is 3. The summed E-state index contributed by atoms with van der Waals surface area (Å²) < 4.78 is 72.2. The minimum atomic E-state index is -4.80. The Morgan fingerprint density at radius 3 is 2.50 bits per heavy atom. The fourth-order valence-electron chi connectivity index (χ4n) is 4.18. The van der Waals surface area contributed by atoms with Crippen LogP contribution in [0, 0.1) is 24.4 Å². The van der Waals surface area contributed by atoms with Crippen LogP contribution in [0.25, 0.3) is 22.0 Å². The first-order chi connectivity index (χ1) is 19.1. The van der Waals surface area contributed by atoms with E-state index >= 15 is 4.39 Å². The quantitative estimate of drug-likeness (QED) is 0.236. The second-order valence-electron chi connectivity index (χ2n) is 9.03. The van der Waals surface area contributed by atoms with E-state index in [-0.39, 0.29) is 11.3 Å². The minimum absolute atomic E-state index is 0.0338. The molecule has 0 radical (unpaired) electrons. The van der Waals surface area contributed by atoms with E-state index in [1.165, 1.54) is 23.5 Å². The first kappa shape index (κ1) is 27.4. The number of anilines is 1. The van der Waals surface area contributed by atoms with Crippen molar-refractivity contribution in [2.75, 3.05) is 4.72 Å². The average molecular weight is 584 g/mol. The highest BCUT2D eigenvalue weighted by atomic mass is 32.2. The number of H-pyrrole nitrogens is 1. The molecule has 1 aliphatic rings. The van der Waals surface area contributed by atoms with Gasteiger partial charge in [-0.25, -0.2) is 31.6 Å². The van der Waals surface area contributed by atoms with Crippen LogP contribution in [-0.4, -0.2) is 24.1 Å². The fourth-order valence-corrected chi connectivity index (χ4v) is 6.41. The lowest BCUT2D eigenvalue weighted by molar-refractivity contribution is 0.521. The van der Waals surface area contributed by atoms with E-state index in [4.69, 9.17) is 10.7 Å². The fraction of sp³-hybridized carbons (Fsp3) is 0.143. The molecule has 5 rings (SSSR count). The molecule has 7 nitrogen and oxygen atoms in total. The van der Waals surface area contributed by atoms with E-state index in [0.29, 0.717) is 27.1 Å². The number of aromatic nitrogens is 2. The van der Waals surface area contributed by atoms with Gasteiger partial charge in [0, 0.05) is 11.3 Å². The molecule has 3 heterocycles. The number of nitrogens with two attached hydrogens (primary N) is 1. The largest absolute Gasteiger partial charge is 0.384 e. The number of rotatable bonds is 6. The maximum absolute atomic E-state index is 16.0. The summed E-state index contributed by atoms with van der Waals surface area (Å²) in [5, 5.41) is 0.551. The van der Waals surface area contributed by atoms with Gasteiger partial charge in [0.15, 0.2) is 10.7 Å². The molecule has 1 aliphatic heterocycles. The Bertz CT molecular complexity index is 1770. The van der Waals surface area contributed by atoms with Crippen molar-refractivity contribution in [1.29, 1.82) is 0 Å². The normalized spacial score (nSPS) is 15.5. The van der Waals surface area contributed by atoms with E-state index in [1.807, 2.05) is 35.9 Å². The number of hydrogen-bond acceptors (Lipinski definition) is 6. The van der Waals surface area contributed by atoms with Crippen LogP contribution >= 0.6 is 11.3 Å². The number of benzene rings is 2. The first-order valence-electron chi connectivity index (χ1n) is 12.3. The molecule has 0 atom stereocenters. The second-order valence-corrected chi connectivity index (χ2v) is 11.7. The number of halogens is 3. The summed E-state index contributed by atoms with van der Waals surface area (Å²) in [7, 11) is -4.80. The summed E-state index contributed by atoms with van der Waals surface area (Å²) in [5.74, 6) is -3.26. The summed E-state index contributed by atoms with van der Waals surface area (Å²) in [6, 6.07) is 10.4. The SMILES string of the molecule is Cc1ccc(-c2nc(-c3cccc(NS(=O)(=O)c4c(F)cccc4F)c3F)c(C3=N/C(N)=C/CCCC=C3)s2)[nH]1. The summed E-state index contributed by atoms with van der Waals surface area (Å²) >= 11 is 1.27. The zero-order valence-corrected chi connectivity index (χ0v) is 22.8. The Hall–Kier alpha value is -4.16. The Balaban J connectivity index is 1.65. The molecule has 206 valence electrons. The van der Waals surface area contributed by atoms with E-state index in [9.17, 15) is 17.2 Å². The summed E-state index contributed by atoms with van der Waals surface area (Å²) in [6.07, 6.45) is 8.02. The average Bonchev–Trinajstić information content (AvgIpc) is 3.54. The number of nitrogens with zero attached hydrogens (tertiary/aromatic N) is 2. The van der Waals surface area contributed by atoms with Gasteiger partial charge in [0.2, 0.25) is 0 Å². The lowest BCUT2D eigenvalue weighted by Gasteiger charge is -2.12. The Kier molecular flexibility index (Phi) is 7.63. The van der Waals surface area contributed by atoms with Gasteiger partial charge in [0.1, 0.15) is 22.5 Å². The van der Waals surface area contributed by atoms with Crippen molar-refractivity contribution in [1.82, 2.24) is 9.97 Å². The number of aliphatic imine (C=N–C) groups is 1. The predicted octanol–water partition coefficient (Wildman–Crippen LogP) is 6.66. The van der Waals surface area contributed by atoms with Crippen LogP contribution in [0.15, 0.2) is 82.5 Å². The molecule has 0 aliphatic carbocycles. The topological polar surface area (TPSA) is 113 Å². The smallest absolute Gasteiger partial charge is 0.267 e. The second kappa shape index (κ2) is 11.1. The molecule has 0 fully saturated rings. The number of sulfonamides is 1. The third kappa shape index (κ3) is 5.58. The van der Waals surface area contributed by atoms with E-state index in [0.717, 1.165) is 49.2 Å². The summed E-state index contributed by atoms with van der Waals surface area (Å²) in [5.41, 5.74) is 7.88. The van der Waals surface area contributed by atoms with Gasteiger partial charge < -0.3 is 10.7 Å². The van der Waals surface area contributed by atoms with Gasteiger partial charge in [-0.2, -0.15) is 0 Å². The van der Waals surface area contributed by atoms with Crippen molar-refractivity contribution < 1.29 is 21.6 Å².